The van der Waals surface area contributed by atoms with Gasteiger partial charge in [-0.2, -0.15) is 0 Å². The third kappa shape index (κ3) is 4.75. The van der Waals surface area contributed by atoms with Crippen LogP contribution in [0.2, 0.25) is 0 Å². The number of methoxy groups -OCH3 is 1. The Morgan fingerprint density at radius 1 is 1.45 bits per heavy atom. The molecule has 0 saturated carbocycles. The highest BCUT2D eigenvalue weighted by Gasteiger charge is 2.38. The molecule has 11 heteroatoms. The molecule has 1 aromatic rings. The number of nitro groups is 1. The molecular formula is C11H11F3N2O6. The molecule has 0 radical (unpaired) electrons. The normalized spacial score (nSPS) is 11.0. The minimum atomic E-state index is -5.16. The van der Waals surface area contributed by atoms with Crippen LogP contribution in [0.5, 0.6) is 11.5 Å². The van der Waals surface area contributed by atoms with Gasteiger partial charge in [0.05, 0.1) is 13.7 Å². The van der Waals surface area contributed by atoms with E-state index in [1.165, 1.54) is 0 Å². The van der Waals surface area contributed by atoms with Gasteiger partial charge in [-0.15, -0.1) is 13.2 Å². The van der Waals surface area contributed by atoms with Crippen molar-refractivity contribution in [3.05, 3.63) is 21.9 Å². The van der Waals surface area contributed by atoms with Crippen LogP contribution in [0.25, 0.3) is 0 Å². The first-order valence-electron chi connectivity index (χ1n) is 5.81. The fraction of sp³-hybridized carbons (Fsp3) is 0.455. The lowest BCUT2D eigenvalue weighted by atomic mass is 10.2. The van der Waals surface area contributed by atoms with E-state index in [1.54, 1.807) is 6.92 Å². The van der Waals surface area contributed by atoms with Gasteiger partial charge in [0.15, 0.2) is 11.4 Å². The van der Waals surface area contributed by atoms with Gasteiger partial charge < -0.3 is 24.3 Å². The highest BCUT2D eigenvalue weighted by Crippen LogP contribution is 2.39. The Balaban J connectivity index is 3.28. The molecule has 0 fully saturated rings. The van der Waals surface area contributed by atoms with Crippen molar-refractivity contribution in [2.75, 3.05) is 13.7 Å². The summed E-state index contributed by atoms with van der Waals surface area (Å²) in [6.45, 7) is 1.63. The minimum Gasteiger partial charge on any atom is -0.492 e. The largest absolute Gasteiger partial charge is 0.573 e. The number of carbonyl (C=O) groups excluding carboxylic acids is 1. The SMILES string of the molecule is CCOC(=O)Cc1cc(OC)c(OC(F)(F)F)c([N+](=O)[O-])n1. The van der Waals surface area contributed by atoms with Crippen LogP contribution in [-0.2, 0) is 16.0 Å². The predicted molar refractivity (Wildman–Crippen MR) is 64.5 cm³/mol. The first-order valence-corrected chi connectivity index (χ1v) is 5.81. The summed E-state index contributed by atoms with van der Waals surface area (Å²) in [5.41, 5.74) is -0.184. The van der Waals surface area contributed by atoms with E-state index in [2.05, 4.69) is 19.2 Å². The highest BCUT2D eigenvalue weighted by atomic mass is 19.4. The molecule has 0 amide bonds. The van der Waals surface area contributed by atoms with Crippen LogP contribution in [0.4, 0.5) is 19.0 Å². The van der Waals surface area contributed by atoms with Crippen LogP contribution in [0.15, 0.2) is 6.07 Å². The molecule has 0 bridgehead atoms. The second-order valence-electron chi connectivity index (χ2n) is 3.76. The summed E-state index contributed by atoms with van der Waals surface area (Å²) < 4.78 is 49.8. The highest BCUT2D eigenvalue weighted by molar-refractivity contribution is 5.72. The molecule has 122 valence electrons. The summed E-state index contributed by atoms with van der Waals surface area (Å²) in [6, 6.07) is 0.936. The van der Waals surface area contributed by atoms with Crippen LogP contribution in [-0.4, -0.2) is 36.0 Å². The van der Waals surface area contributed by atoms with Gasteiger partial charge in [0, 0.05) is 6.07 Å². The van der Waals surface area contributed by atoms with Gasteiger partial charge in [0.25, 0.3) is 5.75 Å². The van der Waals surface area contributed by atoms with Crippen molar-refractivity contribution < 1.29 is 37.1 Å². The summed E-state index contributed by atoms with van der Waals surface area (Å²) in [7, 11) is 0.996. The van der Waals surface area contributed by atoms with Crippen molar-refractivity contribution in [3.63, 3.8) is 0 Å². The molecule has 0 N–H and O–H groups in total. The van der Waals surface area contributed by atoms with Crippen molar-refractivity contribution in [1.82, 2.24) is 4.98 Å². The number of rotatable bonds is 6. The molecule has 1 rings (SSSR count). The van der Waals surface area contributed by atoms with Gasteiger partial charge in [0.1, 0.15) is 6.42 Å². The fourth-order valence-corrected chi connectivity index (χ4v) is 1.48. The van der Waals surface area contributed by atoms with Crippen LogP contribution in [0, 0.1) is 10.1 Å². The molecule has 1 aromatic heterocycles. The predicted octanol–water partition coefficient (Wildman–Crippen LogP) is 2.00. The molecule has 0 unspecified atom stereocenters. The Kier molecular flexibility index (Phi) is 5.49. The average Bonchev–Trinajstić information content (AvgIpc) is 2.38. The van der Waals surface area contributed by atoms with Gasteiger partial charge in [-0.05, 0) is 16.8 Å². The number of carbonyl (C=O) groups is 1. The van der Waals surface area contributed by atoms with Crippen molar-refractivity contribution in [1.29, 1.82) is 0 Å². The molecule has 0 aromatic carbocycles. The standard InChI is InChI=1S/C11H11F3N2O6/c1-3-21-8(17)5-6-4-7(20-2)9(22-11(12,13)14)10(15-6)16(18)19/h4H,3,5H2,1-2H3. The smallest absolute Gasteiger partial charge is 0.492 e. The topological polar surface area (TPSA) is 101 Å². The van der Waals surface area contributed by atoms with Crippen LogP contribution in [0.3, 0.4) is 0 Å². The monoisotopic (exact) mass is 324 g/mol. The van der Waals surface area contributed by atoms with Crippen molar-refractivity contribution in [2.24, 2.45) is 0 Å². The lowest BCUT2D eigenvalue weighted by Crippen LogP contribution is -2.19. The molecule has 0 aliphatic heterocycles. The first-order chi connectivity index (χ1) is 10.2. The average molecular weight is 324 g/mol. The maximum atomic E-state index is 12.3. The van der Waals surface area contributed by atoms with E-state index in [0.29, 0.717) is 0 Å². The molecule has 0 aliphatic carbocycles. The van der Waals surface area contributed by atoms with Crippen molar-refractivity contribution >= 4 is 11.8 Å². The molecular weight excluding hydrogens is 313 g/mol. The maximum absolute atomic E-state index is 12.3. The van der Waals surface area contributed by atoms with E-state index >= 15 is 0 Å². The summed E-state index contributed by atoms with van der Waals surface area (Å²) >= 11 is 0. The Morgan fingerprint density at radius 3 is 2.55 bits per heavy atom. The number of nitrogens with zero attached hydrogens (tertiary/aromatic N) is 2. The van der Waals surface area contributed by atoms with Gasteiger partial charge in [-0.1, -0.05) is 0 Å². The number of pyridine rings is 1. The lowest BCUT2D eigenvalue weighted by Gasteiger charge is -2.12. The zero-order valence-corrected chi connectivity index (χ0v) is 11.5. The number of aromatic nitrogens is 1. The molecule has 0 atom stereocenters. The zero-order chi connectivity index (χ0) is 16.9. The lowest BCUT2D eigenvalue weighted by molar-refractivity contribution is -0.393. The molecule has 8 nitrogen and oxygen atoms in total. The van der Waals surface area contributed by atoms with Gasteiger partial charge >= 0.3 is 18.1 Å². The molecule has 1 heterocycles. The van der Waals surface area contributed by atoms with Gasteiger partial charge in [-0.3, -0.25) is 4.79 Å². The van der Waals surface area contributed by atoms with E-state index in [9.17, 15) is 28.1 Å². The van der Waals surface area contributed by atoms with E-state index in [1.807, 2.05) is 0 Å². The molecule has 0 saturated heterocycles. The second kappa shape index (κ2) is 6.91. The number of halogens is 3. The quantitative estimate of drug-likeness (QED) is 0.448. The Labute approximate surface area is 121 Å². The van der Waals surface area contributed by atoms with E-state index in [4.69, 9.17) is 0 Å². The van der Waals surface area contributed by atoms with E-state index < -0.39 is 41.0 Å². The summed E-state index contributed by atoms with van der Waals surface area (Å²) in [6.07, 6.45) is -5.63. The van der Waals surface area contributed by atoms with Gasteiger partial charge in [0.2, 0.25) is 0 Å². The van der Waals surface area contributed by atoms with Crippen molar-refractivity contribution in [2.45, 2.75) is 19.7 Å². The third-order valence-corrected chi connectivity index (χ3v) is 2.22. The number of esters is 1. The molecule has 22 heavy (non-hydrogen) atoms. The number of ether oxygens (including phenoxy) is 3. The maximum Gasteiger partial charge on any atom is 0.573 e. The summed E-state index contributed by atoms with van der Waals surface area (Å²) in [4.78, 5) is 24.4. The summed E-state index contributed by atoms with van der Waals surface area (Å²) in [5.74, 6) is -3.71. The number of hydrogen-bond acceptors (Lipinski definition) is 7. The Morgan fingerprint density at radius 2 is 2.09 bits per heavy atom. The van der Waals surface area contributed by atoms with Crippen molar-refractivity contribution in [3.8, 4) is 11.5 Å². The summed E-state index contributed by atoms with van der Waals surface area (Å²) in [5, 5.41) is 10.9. The third-order valence-electron chi connectivity index (χ3n) is 2.22. The van der Waals surface area contributed by atoms with E-state index in [0.717, 1.165) is 13.2 Å². The Bertz CT molecular complexity index is 576. The molecule has 0 spiro atoms. The first kappa shape index (κ1) is 17.5. The Hall–Kier alpha value is -2.59. The number of hydrogen-bond donors (Lipinski definition) is 0. The minimum absolute atomic E-state index is 0.0767. The zero-order valence-electron chi connectivity index (χ0n) is 11.5. The number of alkyl halides is 3. The van der Waals surface area contributed by atoms with Gasteiger partial charge in [-0.25, -0.2) is 0 Å². The van der Waals surface area contributed by atoms with Crippen LogP contribution < -0.4 is 9.47 Å². The molecule has 0 aliphatic rings. The van der Waals surface area contributed by atoms with E-state index in [-0.39, 0.29) is 12.3 Å². The van der Waals surface area contributed by atoms with Crippen LogP contribution >= 0.6 is 0 Å². The fourth-order valence-electron chi connectivity index (χ4n) is 1.48. The second-order valence-corrected chi connectivity index (χ2v) is 3.76. The van der Waals surface area contributed by atoms with Crippen LogP contribution in [0.1, 0.15) is 12.6 Å².